The zero-order chi connectivity index (χ0) is 13.6. The quantitative estimate of drug-likeness (QED) is 0.347. The van der Waals surface area contributed by atoms with E-state index in [-0.39, 0.29) is 0 Å². The zero-order valence-electron chi connectivity index (χ0n) is 12.5. The highest BCUT2D eigenvalue weighted by Crippen LogP contribution is 1.91. The van der Waals surface area contributed by atoms with E-state index in [1.54, 1.807) is 7.11 Å². The van der Waals surface area contributed by atoms with Gasteiger partial charge in [0.05, 0.1) is 13.2 Å². The molecular weight excluding hydrogens is 228 g/mol. The smallest absolute Gasteiger partial charge is 0.191 e. The second-order valence-electron chi connectivity index (χ2n) is 4.34. The van der Waals surface area contributed by atoms with E-state index in [1.165, 1.54) is 12.8 Å². The molecular formula is C13H30N4O. The predicted molar refractivity (Wildman–Crippen MR) is 78.3 cm³/mol. The molecule has 0 aromatic heterocycles. The molecule has 0 saturated heterocycles. The maximum Gasteiger partial charge on any atom is 0.191 e. The molecule has 2 N–H and O–H groups in total. The molecule has 0 aliphatic carbocycles. The van der Waals surface area contributed by atoms with Crippen LogP contribution in [0.15, 0.2) is 4.99 Å². The van der Waals surface area contributed by atoms with Crippen LogP contribution in [0.2, 0.25) is 0 Å². The van der Waals surface area contributed by atoms with Crippen LogP contribution < -0.4 is 10.6 Å². The minimum atomic E-state index is 0.695. The molecule has 18 heavy (non-hydrogen) atoms. The van der Waals surface area contributed by atoms with Crippen LogP contribution in [0.25, 0.3) is 0 Å². The fourth-order valence-electron chi connectivity index (χ4n) is 1.49. The van der Waals surface area contributed by atoms with Gasteiger partial charge in [-0.15, -0.1) is 0 Å². The molecule has 0 aliphatic rings. The number of ether oxygens (including phenoxy) is 1. The number of guanidine groups is 1. The number of aliphatic imine (C=N–C) groups is 1. The Labute approximate surface area is 112 Å². The number of nitrogens with zero attached hydrogens (tertiary/aromatic N) is 2. The number of nitrogens with one attached hydrogen (secondary N) is 2. The molecule has 0 saturated carbocycles. The van der Waals surface area contributed by atoms with Crippen molar-refractivity contribution in [2.45, 2.75) is 26.7 Å². The second-order valence-corrected chi connectivity index (χ2v) is 4.34. The van der Waals surface area contributed by atoms with E-state index in [9.17, 15) is 0 Å². The van der Waals surface area contributed by atoms with Crippen LogP contribution in [0.5, 0.6) is 0 Å². The first-order chi connectivity index (χ1) is 8.74. The van der Waals surface area contributed by atoms with Crippen molar-refractivity contribution in [3.05, 3.63) is 0 Å². The number of rotatable bonds is 10. The van der Waals surface area contributed by atoms with Crippen molar-refractivity contribution in [3.63, 3.8) is 0 Å². The Morgan fingerprint density at radius 3 is 2.61 bits per heavy atom. The Kier molecular flexibility index (Phi) is 12.1. The van der Waals surface area contributed by atoms with Gasteiger partial charge in [0.25, 0.3) is 0 Å². The molecule has 0 aliphatic heterocycles. The van der Waals surface area contributed by atoms with Crippen LogP contribution in [0, 0.1) is 0 Å². The van der Waals surface area contributed by atoms with Gasteiger partial charge in [0, 0.05) is 26.7 Å². The summed E-state index contributed by atoms with van der Waals surface area (Å²) < 4.78 is 5.00. The molecule has 0 amide bonds. The second kappa shape index (κ2) is 12.6. The zero-order valence-corrected chi connectivity index (χ0v) is 12.5. The highest BCUT2D eigenvalue weighted by atomic mass is 16.5. The Morgan fingerprint density at radius 1 is 1.22 bits per heavy atom. The average Bonchev–Trinajstić information content (AvgIpc) is 2.36. The van der Waals surface area contributed by atoms with Crippen LogP contribution in [0.1, 0.15) is 26.7 Å². The lowest BCUT2D eigenvalue weighted by molar-refractivity contribution is 0.203. The van der Waals surface area contributed by atoms with Crippen LogP contribution in [0.3, 0.4) is 0 Å². The Morgan fingerprint density at radius 2 is 2.00 bits per heavy atom. The third-order valence-corrected chi connectivity index (χ3v) is 2.59. The van der Waals surface area contributed by atoms with Gasteiger partial charge in [0.15, 0.2) is 5.96 Å². The minimum Gasteiger partial charge on any atom is -0.383 e. The topological polar surface area (TPSA) is 48.9 Å². The summed E-state index contributed by atoms with van der Waals surface area (Å²) in [5.41, 5.74) is 0. The monoisotopic (exact) mass is 258 g/mol. The third kappa shape index (κ3) is 10.4. The summed E-state index contributed by atoms with van der Waals surface area (Å²) in [7, 11) is 3.85. The van der Waals surface area contributed by atoms with Crippen molar-refractivity contribution in [2.75, 3.05) is 53.5 Å². The molecule has 0 radical (unpaired) electrons. The lowest BCUT2D eigenvalue weighted by Crippen LogP contribution is -2.39. The van der Waals surface area contributed by atoms with Crippen molar-refractivity contribution in [3.8, 4) is 0 Å². The predicted octanol–water partition coefficient (Wildman–Crippen LogP) is 0.920. The summed E-state index contributed by atoms with van der Waals surface area (Å²) >= 11 is 0. The van der Waals surface area contributed by atoms with Gasteiger partial charge < -0.3 is 20.3 Å². The number of hydrogen-bond acceptors (Lipinski definition) is 3. The summed E-state index contributed by atoms with van der Waals surface area (Å²) in [6.45, 7) is 9.62. The van der Waals surface area contributed by atoms with Gasteiger partial charge in [0.1, 0.15) is 0 Å². The van der Waals surface area contributed by atoms with Crippen LogP contribution in [-0.2, 0) is 4.74 Å². The molecule has 0 spiro atoms. The molecule has 5 heteroatoms. The summed E-state index contributed by atoms with van der Waals surface area (Å²) in [6, 6.07) is 0. The van der Waals surface area contributed by atoms with Gasteiger partial charge >= 0.3 is 0 Å². The lowest BCUT2D eigenvalue weighted by atomic mass is 10.3. The largest absolute Gasteiger partial charge is 0.383 e. The number of unbranched alkanes of at least 4 members (excludes halogenated alkanes) is 1. The molecule has 0 atom stereocenters. The lowest BCUT2D eigenvalue weighted by Gasteiger charge is -2.15. The summed E-state index contributed by atoms with van der Waals surface area (Å²) in [6.07, 6.45) is 2.50. The SMILES string of the molecule is CCCCN(C)CCN=C(NCC)NCCOC. The van der Waals surface area contributed by atoms with E-state index < -0.39 is 0 Å². The van der Waals surface area contributed by atoms with E-state index in [2.05, 4.69) is 41.4 Å². The first kappa shape index (κ1) is 17.2. The molecule has 0 aromatic carbocycles. The molecule has 0 heterocycles. The van der Waals surface area contributed by atoms with Crippen LogP contribution >= 0.6 is 0 Å². The van der Waals surface area contributed by atoms with Gasteiger partial charge in [-0.3, -0.25) is 4.99 Å². The molecule has 5 nitrogen and oxygen atoms in total. The van der Waals surface area contributed by atoms with Crippen molar-refractivity contribution in [2.24, 2.45) is 4.99 Å². The van der Waals surface area contributed by atoms with Crippen LogP contribution in [-0.4, -0.2) is 64.3 Å². The molecule has 0 aromatic rings. The summed E-state index contributed by atoms with van der Waals surface area (Å²) in [4.78, 5) is 6.86. The molecule has 108 valence electrons. The van der Waals surface area contributed by atoms with Gasteiger partial charge in [-0.1, -0.05) is 13.3 Å². The maximum absolute atomic E-state index is 5.00. The highest BCUT2D eigenvalue weighted by molar-refractivity contribution is 5.79. The summed E-state index contributed by atoms with van der Waals surface area (Å²) in [5.74, 6) is 0.874. The molecule has 0 rings (SSSR count). The van der Waals surface area contributed by atoms with E-state index in [1.807, 2.05) is 0 Å². The molecule has 0 unspecified atom stereocenters. The normalized spacial score (nSPS) is 11.9. The van der Waals surface area contributed by atoms with E-state index in [4.69, 9.17) is 4.74 Å². The van der Waals surface area contributed by atoms with Gasteiger partial charge in [0.2, 0.25) is 0 Å². The highest BCUT2D eigenvalue weighted by Gasteiger charge is 1.98. The minimum absolute atomic E-state index is 0.695. The van der Waals surface area contributed by atoms with Crippen LogP contribution in [0.4, 0.5) is 0 Å². The van der Waals surface area contributed by atoms with Crippen molar-refractivity contribution >= 4 is 5.96 Å². The van der Waals surface area contributed by atoms with Crippen molar-refractivity contribution < 1.29 is 4.74 Å². The maximum atomic E-state index is 5.00. The number of hydrogen-bond donors (Lipinski definition) is 2. The van der Waals surface area contributed by atoms with E-state index >= 15 is 0 Å². The molecule has 0 bridgehead atoms. The van der Waals surface area contributed by atoms with Crippen molar-refractivity contribution in [1.82, 2.24) is 15.5 Å². The molecule has 0 fully saturated rings. The Hall–Kier alpha value is -0.810. The number of likely N-dealkylation sites (N-methyl/N-ethyl adjacent to an activating group) is 1. The fourth-order valence-corrected chi connectivity index (χ4v) is 1.49. The van der Waals surface area contributed by atoms with Gasteiger partial charge in [-0.05, 0) is 26.9 Å². The number of methoxy groups -OCH3 is 1. The van der Waals surface area contributed by atoms with E-state index in [0.29, 0.717) is 6.61 Å². The Balaban J connectivity index is 3.83. The standard InChI is InChI=1S/C13H30N4O/c1-5-7-10-17(3)11-8-15-13(14-6-2)16-9-12-18-4/h5-12H2,1-4H3,(H2,14,15,16). The first-order valence-electron chi connectivity index (χ1n) is 6.94. The summed E-state index contributed by atoms with van der Waals surface area (Å²) in [5, 5.41) is 6.46. The van der Waals surface area contributed by atoms with Gasteiger partial charge in [-0.25, -0.2) is 0 Å². The van der Waals surface area contributed by atoms with Crippen molar-refractivity contribution in [1.29, 1.82) is 0 Å². The average molecular weight is 258 g/mol. The Bertz CT molecular complexity index is 209. The fraction of sp³-hybridized carbons (Fsp3) is 0.923. The third-order valence-electron chi connectivity index (χ3n) is 2.59. The van der Waals surface area contributed by atoms with Gasteiger partial charge in [-0.2, -0.15) is 0 Å². The first-order valence-corrected chi connectivity index (χ1v) is 6.94. The van der Waals surface area contributed by atoms with E-state index in [0.717, 1.165) is 38.7 Å².